The quantitative estimate of drug-likeness (QED) is 0.858. The topological polar surface area (TPSA) is 75.1 Å². The molecular formula is C10H6ClFN2O3. The highest BCUT2D eigenvalue weighted by molar-refractivity contribution is 6.30. The Labute approximate surface area is 99.0 Å². The third-order valence-electron chi connectivity index (χ3n) is 2.16. The van der Waals surface area contributed by atoms with Crippen molar-refractivity contribution in [2.75, 3.05) is 0 Å². The van der Waals surface area contributed by atoms with Crippen LogP contribution in [0.2, 0.25) is 5.02 Å². The number of aromatic carboxylic acids is 1. The molecule has 0 unspecified atom stereocenters. The maximum atomic E-state index is 13.2. The highest BCUT2D eigenvalue weighted by Crippen LogP contribution is 2.16. The van der Waals surface area contributed by atoms with E-state index in [1.165, 1.54) is 12.1 Å². The molecule has 17 heavy (non-hydrogen) atoms. The number of nitrogens with one attached hydrogen (secondary N) is 1. The zero-order valence-electron chi connectivity index (χ0n) is 8.28. The molecule has 2 N–H and O–H groups in total. The number of halogens is 2. The van der Waals surface area contributed by atoms with Crippen LogP contribution in [0.5, 0.6) is 0 Å². The number of rotatable bonds is 2. The number of aromatic nitrogens is 2. The lowest BCUT2D eigenvalue weighted by Gasteiger charge is -2.01. The van der Waals surface area contributed by atoms with Crippen LogP contribution in [0, 0.1) is 5.82 Å². The van der Waals surface area contributed by atoms with Gasteiger partial charge in [0.15, 0.2) is 0 Å². The summed E-state index contributed by atoms with van der Waals surface area (Å²) in [4.78, 5) is 22.3. The number of benzene rings is 1. The molecule has 5 nitrogen and oxygen atoms in total. The number of carboxylic acid groups (broad SMARTS) is 1. The Balaban J connectivity index is 2.58. The van der Waals surface area contributed by atoms with Crippen LogP contribution in [0.1, 0.15) is 10.4 Å². The van der Waals surface area contributed by atoms with Gasteiger partial charge in [0.25, 0.3) is 5.56 Å². The molecule has 1 aromatic heterocycles. The largest absolute Gasteiger partial charge is 0.477 e. The van der Waals surface area contributed by atoms with Gasteiger partial charge in [0.1, 0.15) is 11.4 Å². The molecule has 0 amide bonds. The zero-order valence-corrected chi connectivity index (χ0v) is 9.03. The van der Waals surface area contributed by atoms with Crippen molar-refractivity contribution in [1.29, 1.82) is 0 Å². The lowest BCUT2D eigenvalue weighted by molar-refractivity contribution is 0.0695. The van der Waals surface area contributed by atoms with Crippen LogP contribution in [-0.4, -0.2) is 20.9 Å². The lowest BCUT2D eigenvalue weighted by atomic mass is 10.3. The molecule has 7 heteroatoms. The third kappa shape index (κ3) is 1.94. The second-order valence-corrected chi connectivity index (χ2v) is 3.64. The Morgan fingerprint density at radius 3 is 2.71 bits per heavy atom. The molecule has 2 rings (SSSR count). The first-order chi connectivity index (χ1) is 8.00. The van der Waals surface area contributed by atoms with E-state index in [0.717, 1.165) is 16.9 Å². The molecule has 0 aliphatic carbocycles. The van der Waals surface area contributed by atoms with Crippen LogP contribution >= 0.6 is 11.6 Å². The fourth-order valence-electron chi connectivity index (χ4n) is 1.34. The Kier molecular flexibility index (Phi) is 2.72. The summed E-state index contributed by atoms with van der Waals surface area (Å²) >= 11 is 5.50. The Hall–Kier alpha value is -2.08. The molecule has 2 aromatic rings. The average Bonchev–Trinajstić information content (AvgIpc) is 2.64. The molecule has 0 spiro atoms. The Morgan fingerprint density at radius 1 is 1.47 bits per heavy atom. The van der Waals surface area contributed by atoms with Crippen LogP contribution in [0.25, 0.3) is 5.69 Å². The second kappa shape index (κ2) is 4.06. The van der Waals surface area contributed by atoms with Crippen LogP contribution in [0.4, 0.5) is 4.39 Å². The van der Waals surface area contributed by atoms with Crippen molar-refractivity contribution in [2.24, 2.45) is 0 Å². The van der Waals surface area contributed by atoms with Gasteiger partial charge in [-0.3, -0.25) is 9.89 Å². The van der Waals surface area contributed by atoms with E-state index < -0.39 is 22.9 Å². The summed E-state index contributed by atoms with van der Waals surface area (Å²) in [6.45, 7) is 0. The van der Waals surface area contributed by atoms with Crippen molar-refractivity contribution in [3.63, 3.8) is 0 Å². The number of hydrogen-bond acceptors (Lipinski definition) is 2. The Bertz CT molecular complexity index is 647. The first-order valence-electron chi connectivity index (χ1n) is 4.50. The van der Waals surface area contributed by atoms with E-state index in [2.05, 4.69) is 5.10 Å². The van der Waals surface area contributed by atoms with Gasteiger partial charge in [-0.25, -0.2) is 13.9 Å². The molecule has 0 fully saturated rings. The van der Waals surface area contributed by atoms with Gasteiger partial charge in [0, 0.05) is 12.3 Å². The highest BCUT2D eigenvalue weighted by Gasteiger charge is 2.14. The molecule has 0 aliphatic rings. The van der Waals surface area contributed by atoms with Crippen molar-refractivity contribution >= 4 is 17.6 Å². The van der Waals surface area contributed by atoms with Crippen molar-refractivity contribution in [3.8, 4) is 5.69 Å². The van der Waals surface area contributed by atoms with E-state index in [9.17, 15) is 14.0 Å². The molecule has 0 saturated heterocycles. The smallest absolute Gasteiger partial charge is 0.342 e. The molecule has 1 heterocycles. The summed E-state index contributed by atoms with van der Waals surface area (Å²) in [6, 6.07) is 3.71. The van der Waals surface area contributed by atoms with Gasteiger partial charge >= 0.3 is 5.97 Å². The third-order valence-corrected chi connectivity index (χ3v) is 2.47. The molecule has 0 radical (unpaired) electrons. The second-order valence-electron chi connectivity index (χ2n) is 3.23. The fourth-order valence-corrected chi connectivity index (χ4v) is 1.46. The maximum absolute atomic E-state index is 13.2. The van der Waals surface area contributed by atoms with Crippen LogP contribution < -0.4 is 5.56 Å². The van der Waals surface area contributed by atoms with Crippen molar-refractivity contribution in [2.45, 2.75) is 0 Å². The molecule has 0 atom stereocenters. The number of carboxylic acids is 1. The number of H-pyrrole nitrogens is 1. The van der Waals surface area contributed by atoms with E-state index in [1.54, 1.807) is 0 Å². The molecule has 0 aliphatic heterocycles. The minimum Gasteiger partial charge on any atom is -0.477 e. The predicted molar refractivity (Wildman–Crippen MR) is 58.3 cm³/mol. The summed E-state index contributed by atoms with van der Waals surface area (Å²) in [7, 11) is 0. The predicted octanol–water partition coefficient (Wildman–Crippen LogP) is 1.66. The summed E-state index contributed by atoms with van der Waals surface area (Å²) < 4.78 is 14.1. The van der Waals surface area contributed by atoms with E-state index in [1.807, 2.05) is 0 Å². The van der Waals surface area contributed by atoms with Gasteiger partial charge in [-0.15, -0.1) is 0 Å². The fraction of sp³-hybridized carbons (Fsp3) is 0. The summed E-state index contributed by atoms with van der Waals surface area (Å²) in [5.41, 5.74) is -1.01. The van der Waals surface area contributed by atoms with Crippen LogP contribution in [0.15, 0.2) is 29.2 Å². The van der Waals surface area contributed by atoms with Gasteiger partial charge in [-0.05, 0) is 12.1 Å². The monoisotopic (exact) mass is 256 g/mol. The molecule has 88 valence electrons. The van der Waals surface area contributed by atoms with E-state index in [-0.39, 0.29) is 10.7 Å². The lowest BCUT2D eigenvalue weighted by Crippen LogP contribution is -2.20. The van der Waals surface area contributed by atoms with Gasteiger partial charge in [0.05, 0.1) is 10.7 Å². The number of aromatic amines is 1. The van der Waals surface area contributed by atoms with Crippen molar-refractivity contribution in [3.05, 3.63) is 51.2 Å². The number of hydrogen-bond donors (Lipinski definition) is 2. The van der Waals surface area contributed by atoms with Gasteiger partial charge in [-0.1, -0.05) is 11.6 Å². The van der Waals surface area contributed by atoms with Crippen LogP contribution in [-0.2, 0) is 0 Å². The minimum absolute atomic E-state index is 0.0770. The van der Waals surface area contributed by atoms with E-state index in [4.69, 9.17) is 16.7 Å². The summed E-state index contributed by atoms with van der Waals surface area (Å²) in [6.07, 6.45) is 1.04. The first kappa shape index (κ1) is 11.4. The average molecular weight is 257 g/mol. The van der Waals surface area contributed by atoms with E-state index in [0.29, 0.717) is 0 Å². The van der Waals surface area contributed by atoms with Crippen molar-refractivity contribution in [1.82, 2.24) is 9.78 Å². The molecule has 0 saturated carbocycles. The van der Waals surface area contributed by atoms with Gasteiger partial charge < -0.3 is 5.11 Å². The van der Waals surface area contributed by atoms with Crippen molar-refractivity contribution < 1.29 is 14.3 Å². The maximum Gasteiger partial charge on any atom is 0.342 e. The standard InChI is InChI=1S/C10H6ClFN2O3/c11-7-2-1-5(3-8(7)12)14-9(15)6(4-13-14)10(16)17/h1-4,13H,(H,16,17). The molecule has 0 bridgehead atoms. The highest BCUT2D eigenvalue weighted by atomic mass is 35.5. The first-order valence-corrected chi connectivity index (χ1v) is 4.87. The SMILES string of the molecule is O=C(O)c1c[nH]n(-c2ccc(Cl)c(F)c2)c1=O. The number of carbonyl (C=O) groups is 1. The van der Waals surface area contributed by atoms with Gasteiger partial charge in [0.2, 0.25) is 0 Å². The molecular weight excluding hydrogens is 251 g/mol. The zero-order chi connectivity index (χ0) is 12.6. The van der Waals surface area contributed by atoms with Gasteiger partial charge in [-0.2, -0.15) is 0 Å². The summed E-state index contributed by atoms with van der Waals surface area (Å²) in [5.74, 6) is -2.04. The number of nitrogens with zero attached hydrogens (tertiary/aromatic N) is 1. The van der Waals surface area contributed by atoms with Crippen LogP contribution in [0.3, 0.4) is 0 Å². The molecule has 1 aromatic carbocycles. The minimum atomic E-state index is -1.35. The summed E-state index contributed by atoms with van der Waals surface area (Å²) in [5, 5.41) is 11.1. The normalized spacial score (nSPS) is 10.5. The van der Waals surface area contributed by atoms with E-state index >= 15 is 0 Å². The Morgan fingerprint density at radius 2 is 2.18 bits per heavy atom.